The Morgan fingerprint density at radius 3 is 0.767 bits per heavy atom. The molecule has 324 valence electrons. The molecule has 0 amide bonds. The summed E-state index contributed by atoms with van der Waals surface area (Å²) in [6.07, 6.45) is 22.4. The molecule has 0 N–H and O–H groups in total. The predicted molar refractivity (Wildman–Crippen MR) is 261 cm³/mol. The average molecular weight is 805 g/mol. The van der Waals surface area contributed by atoms with E-state index in [9.17, 15) is 0 Å². The second-order valence-electron chi connectivity index (χ2n) is 22.3. The zero-order chi connectivity index (χ0) is 42.6. The van der Waals surface area contributed by atoms with Crippen LogP contribution >= 0.6 is 0 Å². The third-order valence-electron chi connectivity index (χ3n) is 18.2. The lowest BCUT2D eigenvalue weighted by atomic mass is 9.58. The zero-order valence-electron chi connectivity index (χ0n) is 40.0. The molecule has 4 fully saturated rings. The summed E-state index contributed by atoms with van der Waals surface area (Å²) >= 11 is 0. The van der Waals surface area contributed by atoms with Gasteiger partial charge in [0, 0.05) is 0 Å². The second kappa shape index (κ2) is 19.5. The molecule has 0 heteroatoms. The van der Waals surface area contributed by atoms with E-state index < -0.39 is 0 Å². The van der Waals surface area contributed by atoms with Crippen LogP contribution in [-0.4, -0.2) is 0 Å². The van der Waals surface area contributed by atoms with E-state index in [0.717, 1.165) is 47.3 Å². The largest absolute Gasteiger partial charge is 0.0594 e. The number of hydrogen-bond donors (Lipinski definition) is 0. The highest BCUT2D eigenvalue weighted by molar-refractivity contribution is 5.34. The van der Waals surface area contributed by atoms with Crippen molar-refractivity contribution >= 4 is 0 Å². The van der Waals surface area contributed by atoms with Crippen LogP contribution in [0.3, 0.4) is 0 Å². The van der Waals surface area contributed by atoms with Gasteiger partial charge in [-0.05, 0) is 247 Å². The minimum atomic E-state index is 0.488. The quantitative estimate of drug-likeness (QED) is 0.166. The fourth-order valence-electron chi connectivity index (χ4n) is 13.1. The predicted octanol–water partition coefficient (Wildman–Crippen LogP) is 17.8. The molecule has 4 aliphatic rings. The van der Waals surface area contributed by atoms with Gasteiger partial charge in [-0.3, -0.25) is 0 Å². The first-order chi connectivity index (χ1) is 28.7. The van der Waals surface area contributed by atoms with Crippen molar-refractivity contribution in [2.75, 3.05) is 0 Å². The Labute approximate surface area is 369 Å². The van der Waals surface area contributed by atoms with E-state index in [4.69, 9.17) is 0 Å². The third-order valence-corrected chi connectivity index (χ3v) is 18.2. The van der Waals surface area contributed by atoms with Gasteiger partial charge in [-0.2, -0.15) is 0 Å². The van der Waals surface area contributed by atoms with Crippen LogP contribution in [-0.2, 0) is 0 Å². The first kappa shape index (κ1) is 44.9. The van der Waals surface area contributed by atoms with Crippen molar-refractivity contribution in [3.8, 4) is 0 Å². The molecule has 0 nitrogen and oxygen atoms in total. The number of rotatable bonds is 8. The molecular formula is C60H84. The summed E-state index contributed by atoms with van der Waals surface area (Å²) in [5.41, 5.74) is 15.8. The molecule has 0 aliphatic heterocycles. The lowest BCUT2D eigenvalue weighted by molar-refractivity contribution is 0.0513. The number of aryl methyl sites for hydroxylation is 6. The molecule has 60 heavy (non-hydrogen) atoms. The molecule has 0 radical (unpaired) electrons. The van der Waals surface area contributed by atoms with Gasteiger partial charge in [0.05, 0.1) is 0 Å². The molecule has 4 saturated carbocycles. The molecule has 0 atom stereocenters. The van der Waals surface area contributed by atoms with Crippen LogP contribution in [0.2, 0.25) is 0 Å². The topological polar surface area (TPSA) is 0 Å². The monoisotopic (exact) mass is 805 g/mol. The van der Waals surface area contributed by atoms with Crippen molar-refractivity contribution in [2.24, 2.45) is 34.5 Å². The molecule has 0 bridgehead atoms. The Morgan fingerprint density at radius 2 is 0.517 bits per heavy atom. The first-order valence-electron chi connectivity index (χ1n) is 25.0. The van der Waals surface area contributed by atoms with E-state index in [1.807, 2.05) is 0 Å². The molecule has 0 saturated heterocycles. The van der Waals surface area contributed by atoms with Gasteiger partial charge in [-0.15, -0.1) is 0 Å². The van der Waals surface area contributed by atoms with Crippen LogP contribution < -0.4 is 0 Å². The van der Waals surface area contributed by atoms with Crippen LogP contribution in [0.1, 0.15) is 210 Å². The van der Waals surface area contributed by atoms with Gasteiger partial charge in [-0.25, -0.2) is 0 Å². The Hall–Kier alpha value is -3.12. The molecule has 8 rings (SSSR count). The van der Waals surface area contributed by atoms with Gasteiger partial charge in [0.1, 0.15) is 0 Å². The summed E-state index contributed by atoms with van der Waals surface area (Å²) in [7, 11) is 0. The summed E-state index contributed by atoms with van der Waals surface area (Å²) in [6.45, 7) is 23.8. The van der Waals surface area contributed by atoms with Gasteiger partial charge in [0.2, 0.25) is 0 Å². The van der Waals surface area contributed by atoms with E-state index in [0.29, 0.717) is 10.8 Å². The van der Waals surface area contributed by atoms with Gasteiger partial charge in [-0.1, -0.05) is 124 Å². The maximum atomic E-state index is 2.61. The highest BCUT2D eigenvalue weighted by Crippen LogP contribution is 2.54. The Kier molecular flexibility index (Phi) is 14.6. The number of benzene rings is 4. The van der Waals surface area contributed by atoms with Crippen molar-refractivity contribution < 1.29 is 0 Å². The van der Waals surface area contributed by atoms with E-state index in [2.05, 4.69) is 154 Å². The van der Waals surface area contributed by atoms with Crippen LogP contribution in [0.25, 0.3) is 0 Å². The van der Waals surface area contributed by atoms with E-state index in [-0.39, 0.29) is 0 Å². The maximum Gasteiger partial charge on any atom is -0.0162 e. The van der Waals surface area contributed by atoms with Crippen LogP contribution in [0, 0.1) is 76.0 Å². The summed E-state index contributed by atoms with van der Waals surface area (Å²) < 4.78 is 0. The normalized spacial score (nSPS) is 27.8. The van der Waals surface area contributed by atoms with Crippen LogP contribution in [0.15, 0.2) is 84.9 Å². The lowest BCUT2D eigenvalue weighted by Gasteiger charge is -2.47. The Balaban J connectivity index is 0.000000182. The fraction of sp³-hybridized carbons (Fsp3) is 0.600. The Bertz CT molecular complexity index is 1800. The lowest BCUT2D eigenvalue weighted by Crippen LogP contribution is -2.36. The minimum absolute atomic E-state index is 0.488. The third kappa shape index (κ3) is 10.6. The highest BCUT2D eigenvalue weighted by Gasteiger charge is 2.42. The van der Waals surface area contributed by atoms with Gasteiger partial charge in [0.25, 0.3) is 0 Å². The summed E-state index contributed by atoms with van der Waals surface area (Å²) in [6, 6.07) is 33.0. The summed E-state index contributed by atoms with van der Waals surface area (Å²) in [5.74, 6) is 6.77. The molecule has 0 heterocycles. The second-order valence-corrected chi connectivity index (χ2v) is 22.3. The van der Waals surface area contributed by atoms with Crippen molar-refractivity contribution in [1.29, 1.82) is 0 Å². The molecule has 4 aromatic carbocycles. The molecule has 0 spiro atoms. The van der Waals surface area contributed by atoms with Gasteiger partial charge < -0.3 is 0 Å². The SMILES string of the molecule is Cc1ccc(C2CCC(C(C)(C)C3CCC(c4ccc(C)c(C)c4)CC3)CC2)cc1C.Cc1ccc(C2CCC(C(C)(C)C3CCC(c4ccc(C)cc4)CC3)CC2)cc1. The van der Waals surface area contributed by atoms with Crippen molar-refractivity contribution in [2.45, 2.75) is 196 Å². The standard InChI is InChI=1S/C31H44.C29H40/c1-21-7-9-27(19-23(21)3)25-11-15-29(16-12-25)31(5,6)30-17-13-26(14-18-30)28-10-8-22(2)24(4)20-28;1-21-5-9-23(10-6-21)25-13-17-27(18-14-25)29(3,4)28-19-15-26(16-20-28)24-11-7-22(2)8-12-24/h7-10,19-20,25-26,29-30H,11-18H2,1-6H3;5-12,25-28H,13-20H2,1-4H3. The van der Waals surface area contributed by atoms with Crippen molar-refractivity contribution in [1.82, 2.24) is 0 Å². The molecule has 0 aromatic heterocycles. The van der Waals surface area contributed by atoms with Gasteiger partial charge >= 0.3 is 0 Å². The van der Waals surface area contributed by atoms with E-state index in [1.54, 1.807) is 22.3 Å². The minimum Gasteiger partial charge on any atom is -0.0594 e. The van der Waals surface area contributed by atoms with Gasteiger partial charge in [0.15, 0.2) is 0 Å². The fourth-order valence-corrected chi connectivity index (χ4v) is 13.1. The number of hydrogen-bond acceptors (Lipinski definition) is 0. The molecular weight excluding hydrogens is 721 g/mol. The van der Waals surface area contributed by atoms with E-state index >= 15 is 0 Å². The van der Waals surface area contributed by atoms with Crippen LogP contribution in [0.4, 0.5) is 0 Å². The maximum absolute atomic E-state index is 2.61. The molecule has 4 aliphatic carbocycles. The highest BCUT2D eigenvalue weighted by atomic mass is 14.5. The first-order valence-corrected chi connectivity index (χ1v) is 25.0. The zero-order valence-corrected chi connectivity index (χ0v) is 40.0. The molecule has 0 unspecified atom stereocenters. The van der Waals surface area contributed by atoms with Crippen molar-refractivity contribution in [3.05, 3.63) is 141 Å². The van der Waals surface area contributed by atoms with Crippen molar-refractivity contribution in [3.63, 3.8) is 0 Å². The smallest absolute Gasteiger partial charge is 0.0162 e. The average Bonchev–Trinajstić information content (AvgIpc) is 3.26. The van der Waals surface area contributed by atoms with Crippen LogP contribution in [0.5, 0.6) is 0 Å². The molecule has 4 aromatic rings. The van der Waals surface area contributed by atoms with E-state index in [1.165, 1.54) is 136 Å². The summed E-state index contributed by atoms with van der Waals surface area (Å²) in [5, 5.41) is 0. The Morgan fingerprint density at radius 1 is 0.283 bits per heavy atom. The summed E-state index contributed by atoms with van der Waals surface area (Å²) in [4.78, 5) is 0.